The summed E-state index contributed by atoms with van der Waals surface area (Å²) in [5, 5.41) is 21.0. The number of likely N-dealkylation sites (tertiary alicyclic amines) is 1. The molecule has 0 aliphatic carbocycles. The van der Waals surface area contributed by atoms with Crippen LogP contribution in [-0.2, 0) is 16.0 Å². The Balaban J connectivity index is 1.69. The van der Waals surface area contributed by atoms with E-state index in [4.69, 9.17) is 14.5 Å². The number of fused-ring (bicyclic) bond motifs is 1. The highest BCUT2D eigenvalue weighted by molar-refractivity contribution is 5.77. The summed E-state index contributed by atoms with van der Waals surface area (Å²) in [5.41, 5.74) is -0.567. The molecule has 2 aromatic rings. The predicted octanol–water partition coefficient (Wildman–Crippen LogP) is 0.304. The van der Waals surface area contributed by atoms with Gasteiger partial charge in [0.1, 0.15) is 11.4 Å². The van der Waals surface area contributed by atoms with E-state index in [1.807, 2.05) is 18.2 Å². The third-order valence-electron chi connectivity index (χ3n) is 5.49. The number of benzene rings is 1. The van der Waals surface area contributed by atoms with Gasteiger partial charge in [-0.25, -0.2) is 4.98 Å². The molecule has 1 aromatic carbocycles. The maximum absolute atomic E-state index is 13.0. The van der Waals surface area contributed by atoms with Crippen molar-refractivity contribution in [3.63, 3.8) is 0 Å². The molecule has 1 aromatic heterocycles. The van der Waals surface area contributed by atoms with Crippen LogP contribution in [-0.4, -0.2) is 76.4 Å². The molecule has 152 valence electrons. The molecule has 0 saturated carbocycles. The first-order valence-electron chi connectivity index (χ1n) is 9.83. The van der Waals surface area contributed by atoms with Crippen molar-refractivity contribution >= 4 is 10.9 Å². The van der Waals surface area contributed by atoms with Gasteiger partial charge in [-0.2, -0.15) is 0 Å². The molecule has 4 rings (SSSR count). The van der Waals surface area contributed by atoms with Crippen molar-refractivity contribution in [2.24, 2.45) is 0 Å². The highest BCUT2D eigenvalue weighted by atomic mass is 16.6. The van der Waals surface area contributed by atoms with Crippen LogP contribution in [0.15, 0.2) is 29.1 Å². The van der Waals surface area contributed by atoms with Gasteiger partial charge in [0.2, 0.25) is 0 Å². The molecule has 0 radical (unpaired) electrons. The number of aliphatic hydroxyl groups excluding tert-OH is 1. The van der Waals surface area contributed by atoms with Gasteiger partial charge in [0, 0.05) is 6.54 Å². The molecule has 28 heavy (non-hydrogen) atoms. The highest BCUT2D eigenvalue weighted by Gasteiger charge is 2.38. The van der Waals surface area contributed by atoms with Gasteiger partial charge in [0.25, 0.3) is 5.56 Å². The minimum Gasteiger partial charge on any atom is -0.395 e. The Hall–Kier alpha value is -1.84. The second-order valence-corrected chi connectivity index (χ2v) is 7.63. The molecule has 0 bridgehead atoms. The van der Waals surface area contributed by atoms with Gasteiger partial charge in [-0.05, 0) is 31.5 Å². The maximum Gasteiger partial charge on any atom is 0.261 e. The Kier molecular flexibility index (Phi) is 5.75. The van der Waals surface area contributed by atoms with Crippen molar-refractivity contribution in [3.05, 3.63) is 40.4 Å². The van der Waals surface area contributed by atoms with Crippen LogP contribution in [0, 0.1) is 0 Å². The van der Waals surface area contributed by atoms with Gasteiger partial charge in [0.05, 0.1) is 56.5 Å². The van der Waals surface area contributed by atoms with Crippen molar-refractivity contribution in [2.45, 2.75) is 31.0 Å². The summed E-state index contributed by atoms with van der Waals surface area (Å²) in [6.07, 6.45) is 1.79. The molecular formula is C20H27N3O5. The maximum atomic E-state index is 13.0. The molecule has 2 N–H and O–H groups in total. The normalized spacial score (nSPS) is 23.1. The Labute approximate surface area is 163 Å². The fraction of sp³-hybridized carbons (Fsp3) is 0.600. The standard InChI is InChI=1S/C20H27N3O5/c24-9-8-23-18(21-16-5-2-1-4-15(16)19(23)25)17-6-3-7-22(17)12-20(26)13-27-10-11-28-14-20/h1-2,4-5,17,24,26H,3,6-14H2. The van der Waals surface area contributed by atoms with Crippen LogP contribution in [0.3, 0.4) is 0 Å². The lowest BCUT2D eigenvalue weighted by Crippen LogP contribution is -2.49. The summed E-state index contributed by atoms with van der Waals surface area (Å²) in [5.74, 6) is 0.648. The van der Waals surface area contributed by atoms with Crippen molar-refractivity contribution in [3.8, 4) is 0 Å². The largest absolute Gasteiger partial charge is 0.395 e. The number of β-amino-alcohol motifs (C(OH)–C–C–N with tert-alkyl or cyclic N) is 1. The summed E-state index contributed by atoms with van der Waals surface area (Å²) in [4.78, 5) is 19.9. The molecule has 2 saturated heterocycles. The van der Waals surface area contributed by atoms with E-state index in [-0.39, 0.29) is 38.0 Å². The molecule has 2 aliphatic heterocycles. The van der Waals surface area contributed by atoms with Crippen LogP contribution in [0.25, 0.3) is 10.9 Å². The molecule has 2 fully saturated rings. The summed E-state index contributed by atoms with van der Waals surface area (Å²) in [6, 6.07) is 7.18. The lowest BCUT2D eigenvalue weighted by atomic mass is 10.1. The quantitative estimate of drug-likeness (QED) is 0.759. The molecule has 3 heterocycles. The van der Waals surface area contributed by atoms with Gasteiger partial charge >= 0.3 is 0 Å². The van der Waals surface area contributed by atoms with Crippen LogP contribution < -0.4 is 5.56 Å². The number of aliphatic hydroxyl groups is 2. The van der Waals surface area contributed by atoms with E-state index in [0.29, 0.717) is 36.5 Å². The minimum atomic E-state index is -1.09. The van der Waals surface area contributed by atoms with Gasteiger partial charge in [0.15, 0.2) is 0 Å². The van der Waals surface area contributed by atoms with Gasteiger partial charge in [-0.1, -0.05) is 12.1 Å². The Morgan fingerprint density at radius 3 is 2.71 bits per heavy atom. The first-order valence-corrected chi connectivity index (χ1v) is 9.83. The zero-order valence-electron chi connectivity index (χ0n) is 15.9. The zero-order chi connectivity index (χ0) is 19.6. The van der Waals surface area contributed by atoms with Gasteiger partial charge in [-0.15, -0.1) is 0 Å². The fourth-order valence-corrected chi connectivity index (χ4v) is 4.22. The topological polar surface area (TPSA) is 97.1 Å². The number of hydrogen-bond donors (Lipinski definition) is 2. The van der Waals surface area contributed by atoms with Gasteiger partial charge < -0.3 is 19.7 Å². The second-order valence-electron chi connectivity index (χ2n) is 7.63. The van der Waals surface area contributed by atoms with E-state index in [2.05, 4.69) is 4.90 Å². The Morgan fingerprint density at radius 2 is 1.96 bits per heavy atom. The molecule has 1 unspecified atom stereocenters. The van der Waals surface area contributed by atoms with Crippen molar-refractivity contribution < 1.29 is 19.7 Å². The lowest BCUT2D eigenvalue weighted by molar-refractivity contribution is -0.0767. The van der Waals surface area contributed by atoms with Crippen LogP contribution >= 0.6 is 0 Å². The molecule has 0 amide bonds. The van der Waals surface area contributed by atoms with Crippen LogP contribution in [0.2, 0.25) is 0 Å². The summed E-state index contributed by atoms with van der Waals surface area (Å²) in [6.45, 7) is 2.67. The van der Waals surface area contributed by atoms with E-state index in [1.54, 1.807) is 10.6 Å². The van der Waals surface area contributed by atoms with E-state index in [9.17, 15) is 15.0 Å². The van der Waals surface area contributed by atoms with Crippen LogP contribution in [0.4, 0.5) is 0 Å². The summed E-state index contributed by atoms with van der Waals surface area (Å²) in [7, 11) is 0. The van der Waals surface area contributed by atoms with Crippen molar-refractivity contribution in [1.82, 2.24) is 14.5 Å². The van der Waals surface area contributed by atoms with E-state index in [0.717, 1.165) is 19.4 Å². The number of ether oxygens (including phenoxy) is 2. The average Bonchev–Trinajstić information content (AvgIpc) is 3.03. The average molecular weight is 389 g/mol. The third kappa shape index (κ3) is 3.83. The lowest BCUT2D eigenvalue weighted by Gasteiger charge is -2.34. The van der Waals surface area contributed by atoms with Crippen LogP contribution in [0.5, 0.6) is 0 Å². The Morgan fingerprint density at radius 1 is 1.21 bits per heavy atom. The number of hydrogen-bond acceptors (Lipinski definition) is 7. The highest BCUT2D eigenvalue weighted by Crippen LogP contribution is 2.32. The fourth-order valence-electron chi connectivity index (χ4n) is 4.22. The smallest absolute Gasteiger partial charge is 0.261 e. The van der Waals surface area contributed by atoms with E-state index >= 15 is 0 Å². The molecule has 8 nitrogen and oxygen atoms in total. The zero-order valence-corrected chi connectivity index (χ0v) is 15.9. The second kappa shape index (κ2) is 8.26. The molecule has 8 heteroatoms. The SMILES string of the molecule is O=c1c2ccccc2nc(C2CCCN2CC2(O)COCCOC2)n1CCO. The molecule has 2 aliphatic rings. The van der Waals surface area contributed by atoms with E-state index < -0.39 is 5.60 Å². The first-order chi connectivity index (χ1) is 13.6. The molecule has 1 atom stereocenters. The number of nitrogens with zero attached hydrogens (tertiary/aromatic N) is 3. The minimum absolute atomic E-state index is 0.101. The first kappa shape index (κ1) is 19.5. The monoisotopic (exact) mass is 389 g/mol. The third-order valence-corrected chi connectivity index (χ3v) is 5.49. The van der Waals surface area contributed by atoms with Crippen molar-refractivity contribution in [1.29, 1.82) is 0 Å². The number of para-hydroxylation sites is 1. The van der Waals surface area contributed by atoms with Crippen molar-refractivity contribution in [2.75, 3.05) is 46.1 Å². The predicted molar refractivity (Wildman–Crippen MR) is 103 cm³/mol. The molecule has 0 spiro atoms. The number of rotatable bonds is 5. The van der Waals surface area contributed by atoms with E-state index in [1.165, 1.54) is 0 Å². The van der Waals surface area contributed by atoms with Gasteiger partial charge in [-0.3, -0.25) is 14.3 Å². The summed E-state index contributed by atoms with van der Waals surface area (Å²) < 4.78 is 12.6. The number of aromatic nitrogens is 2. The Bertz CT molecular complexity index is 876. The summed E-state index contributed by atoms with van der Waals surface area (Å²) >= 11 is 0. The van der Waals surface area contributed by atoms with Crippen LogP contribution in [0.1, 0.15) is 24.7 Å². The molecular weight excluding hydrogens is 362 g/mol.